The molecule has 5 nitrogen and oxygen atoms in total. The van der Waals surface area contributed by atoms with E-state index >= 15 is 0 Å². The number of aryl methyl sites for hydroxylation is 2. The molecule has 0 saturated heterocycles. The number of nitrogens with zero attached hydrogens (tertiary/aromatic N) is 3. The van der Waals surface area contributed by atoms with Crippen molar-refractivity contribution in [1.82, 2.24) is 15.0 Å². The highest BCUT2D eigenvalue weighted by Crippen LogP contribution is 2.34. The van der Waals surface area contributed by atoms with Crippen molar-refractivity contribution < 1.29 is 0 Å². The maximum absolute atomic E-state index is 5.58. The lowest BCUT2D eigenvalue weighted by Gasteiger charge is -2.08. The Kier molecular flexibility index (Phi) is 2.44. The number of nitrogen functional groups attached to an aromatic ring is 2. The lowest BCUT2D eigenvalue weighted by atomic mass is 9.99. The van der Waals surface area contributed by atoms with E-state index in [1.165, 1.54) is 23.3 Å². The van der Waals surface area contributed by atoms with Gasteiger partial charge < -0.3 is 11.5 Å². The summed E-state index contributed by atoms with van der Waals surface area (Å²) in [6.45, 7) is 0. The zero-order valence-corrected chi connectivity index (χ0v) is 10.1. The van der Waals surface area contributed by atoms with Gasteiger partial charge >= 0.3 is 0 Å². The number of aromatic nitrogens is 3. The van der Waals surface area contributed by atoms with Crippen LogP contribution in [0.25, 0.3) is 10.7 Å². The minimum atomic E-state index is 0.180. The van der Waals surface area contributed by atoms with Gasteiger partial charge in [0, 0.05) is 4.88 Å². The van der Waals surface area contributed by atoms with Gasteiger partial charge in [-0.1, -0.05) is 0 Å². The Bertz CT molecular complexity index is 519. The zero-order valence-electron chi connectivity index (χ0n) is 9.31. The molecule has 0 atom stereocenters. The minimum Gasteiger partial charge on any atom is -0.368 e. The molecule has 2 heterocycles. The molecule has 0 saturated carbocycles. The van der Waals surface area contributed by atoms with E-state index in [9.17, 15) is 0 Å². The molecular weight excluding hydrogens is 234 g/mol. The van der Waals surface area contributed by atoms with Gasteiger partial charge in [-0.3, -0.25) is 0 Å². The van der Waals surface area contributed by atoms with Crippen LogP contribution in [0.15, 0.2) is 6.07 Å². The first-order valence-corrected chi connectivity index (χ1v) is 6.43. The van der Waals surface area contributed by atoms with Crippen molar-refractivity contribution in [3.05, 3.63) is 16.5 Å². The maximum atomic E-state index is 5.58. The fourth-order valence-electron chi connectivity index (χ4n) is 2.12. The van der Waals surface area contributed by atoms with Crippen LogP contribution in [0.4, 0.5) is 11.9 Å². The van der Waals surface area contributed by atoms with Crippen molar-refractivity contribution in [3.8, 4) is 10.7 Å². The summed E-state index contributed by atoms with van der Waals surface area (Å²) in [5.74, 6) is 0.951. The molecule has 2 aromatic heterocycles. The summed E-state index contributed by atoms with van der Waals surface area (Å²) >= 11 is 1.74. The highest BCUT2D eigenvalue weighted by Gasteiger charge is 2.16. The largest absolute Gasteiger partial charge is 0.368 e. The van der Waals surface area contributed by atoms with Crippen molar-refractivity contribution in [2.45, 2.75) is 25.7 Å². The quantitative estimate of drug-likeness (QED) is 0.799. The number of thiophene rings is 1. The first-order valence-electron chi connectivity index (χ1n) is 5.61. The fraction of sp³-hybridized carbons (Fsp3) is 0.364. The first-order chi connectivity index (χ1) is 8.22. The second-order valence-electron chi connectivity index (χ2n) is 4.14. The number of rotatable bonds is 1. The van der Waals surface area contributed by atoms with Gasteiger partial charge in [-0.05, 0) is 37.3 Å². The van der Waals surface area contributed by atoms with Crippen LogP contribution in [-0.2, 0) is 12.8 Å². The van der Waals surface area contributed by atoms with Gasteiger partial charge in [0.1, 0.15) is 0 Å². The molecule has 0 aromatic carbocycles. The standard InChI is InChI=1S/C11H13N5S/c12-10-14-9(15-11(13)16-10)8-5-6-3-1-2-4-7(6)17-8/h5H,1-4H2,(H4,12,13,14,15,16). The Morgan fingerprint density at radius 1 is 1.00 bits per heavy atom. The van der Waals surface area contributed by atoms with Crippen LogP contribution in [0.3, 0.4) is 0 Å². The third-order valence-corrected chi connectivity index (χ3v) is 4.12. The fourth-order valence-corrected chi connectivity index (χ4v) is 3.31. The Morgan fingerprint density at radius 3 is 2.41 bits per heavy atom. The van der Waals surface area contributed by atoms with Crippen LogP contribution >= 0.6 is 11.3 Å². The molecule has 3 rings (SSSR count). The molecule has 0 fully saturated rings. The smallest absolute Gasteiger partial charge is 0.225 e. The predicted molar refractivity (Wildman–Crippen MR) is 68.6 cm³/mol. The Hall–Kier alpha value is -1.69. The first kappa shape index (κ1) is 10.5. The number of hydrogen-bond donors (Lipinski definition) is 2. The molecule has 0 spiro atoms. The molecule has 4 N–H and O–H groups in total. The van der Waals surface area contributed by atoms with E-state index in [1.54, 1.807) is 11.3 Å². The number of fused-ring (bicyclic) bond motifs is 1. The van der Waals surface area contributed by atoms with Crippen molar-refractivity contribution in [1.29, 1.82) is 0 Å². The summed E-state index contributed by atoms with van der Waals surface area (Å²) < 4.78 is 0. The zero-order chi connectivity index (χ0) is 11.8. The minimum absolute atomic E-state index is 0.180. The number of anilines is 2. The second kappa shape index (κ2) is 3.96. The van der Waals surface area contributed by atoms with Crippen LogP contribution in [-0.4, -0.2) is 15.0 Å². The third kappa shape index (κ3) is 1.95. The average molecular weight is 247 g/mol. The predicted octanol–water partition coefficient (Wildman–Crippen LogP) is 1.64. The molecule has 17 heavy (non-hydrogen) atoms. The maximum Gasteiger partial charge on any atom is 0.225 e. The van der Waals surface area contributed by atoms with Crippen molar-refractivity contribution in [3.63, 3.8) is 0 Å². The highest BCUT2D eigenvalue weighted by atomic mass is 32.1. The summed E-state index contributed by atoms with van der Waals surface area (Å²) in [6, 6.07) is 2.16. The van der Waals surface area contributed by atoms with E-state index < -0.39 is 0 Å². The average Bonchev–Trinajstić information content (AvgIpc) is 2.71. The van der Waals surface area contributed by atoms with Crippen molar-refractivity contribution in [2.24, 2.45) is 0 Å². The van der Waals surface area contributed by atoms with Gasteiger partial charge in [-0.25, -0.2) is 0 Å². The molecular formula is C11H13N5S. The summed E-state index contributed by atoms with van der Waals surface area (Å²) in [6.07, 6.45) is 4.86. The second-order valence-corrected chi connectivity index (χ2v) is 5.28. The molecule has 1 aliphatic carbocycles. The van der Waals surface area contributed by atoms with Crippen LogP contribution in [0, 0.1) is 0 Å². The Labute approximate surface area is 103 Å². The van der Waals surface area contributed by atoms with E-state index in [1.807, 2.05) is 0 Å². The van der Waals surface area contributed by atoms with Gasteiger partial charge in [-0.15, -0.1) is 11.3 Å². The Balaban J connectivity index is 2.05. The SMILES string of the molecule is Nc1nc(N)nc(-c2cc3c(s2)CCCC3)n1. The van der Waals surface area contributed by atoms with E-state index in [0.29, 0.717) is 5.82 Å². The van der Waals surface area contributed by atoms with Crippen molar-refractivity contribution >= 4 is 23.2 Å². The summed E-state index contributed by atoms with van der Waals surface area (Å²) in [5, 5.41) is 0. The lowest BCUT2D eigenvalue weighted by molar-refractivity contribution is 0.697. The van der Waals surface area contributed by atoms with Gasteiger partial charge in [0.05, 0.1) is 4.88 Å². The van der Waals surface area contributed by atoms with E-state index in [4.69, 9.17) is 11.5 Å². The summed E-state index contributed by atoms with van der Waals surface area (Å²) in [7, 11) is 0. The monoisotopic (exact) mass is 247 g/mol. The van der Waals surface area contributed by atoms with E-state index in [-0.39, 0.29) is 11.9 Å². The number of nitrogens with two attached hydrogens (primary N) is 2. The van der Waals surface area contributed by atoms with Gasteiger partial charge in [-0.2, -0.15) is 15.0 Å². The summed E-state index contributed by atoms with van der Waals surface area (Å²) in [5.41, 5.74) is 12.6. The van der Waals surface area contributed by atoms with Gasteiger partial charge in [0.25, 0.3) is 0 Å². The molecule has 1 aliphatic rings. The van der Waals surface area contributed by atoms with E-state index in [0.717, 1.165) is 17.7 Å². The normalized spacial score (nSPS) is 14.6. The van der Waals surface area contributed by atoms with Crippen molar-refractivity contribution in [2.75, 3.05) is 11.5 Å². The van der Waals surface area contributed by atoms with Crippen LogP contribution in [0.1, 0.15) is 23.3 Å². The molecule has 2 aromatic rings. The molecule has 0 amide bonds. The Morgan fingerprint density at radius 2 is 1.71 bits per heavy atom. The molecule has 0 unspecified atom stereocenters. The van der Waals surface area contributed by atoms with E-state index in [2.05, 4.69) is 21.0 Å². The van der Waals surface area contributed by atoms with Crippen LogP contribution in [0.5, 0.6) is 0 Å². The third-order valence-electron chi connectivity index (χ3n) is 2.89. The molecule has 0 bridgehead atoms. The lowest BCUT2D eigenvalue weighted by Crippen LogP contribution is -2.03. The summed E-state index contributed by atoms with van der Waals surface area (Å²) in [4.78, 5) is 14.5. The van der Waals surface area contributed by atoms with Crippen LogP contribution < -0.4 is 11.5 Å². The van der Waals surface area contributed by atoms with Crippen LogP contribution in [0.2, 0.25) is 0 Å². The van der Waals surface area contributed by atoms with Gasteiger partial charge in [0.2, 0.25) is 11.9 Å². The van der Waals surface area contributed by atoms with Gasteiger partial charge in [0.15, 0.2) is 5.82 Å². The topological polar surface area (TPSA) is 90.7 Å². The molecule has 88 valence electrons. The molecule has 0 radical (unpaired) electrons. The molecule has 6 heteroatoms. The number of hydrogen-bond acceptors (Lipinski definition) is 6. The molecule has 0 aliphatic heterocycles. The highest BCUT2D eigenvalue weighted by molar-refractivity contribution is 7.15.